The minimum Gasteiger partial charge on any atom is -0.300 e. The molecule has 2 rings (SSSR count). The van der Waals surface area contributed by atoms with Gasteiger partial charge in [0.1, 0.15) is 5.54 Å². The van der Waals surface area contributed by atoms with Crippen molar-refractivity contribution in [3.8, 4) is 6.07 Å². The average molecular weight is 263 g/mol. The predicted molar refractivity (Wildman–Crippen MR) is 78.9 cm³/mol. The Hall–Kier alpha value is -0.590. The van der Waals surface area contributed by atoms with Crippen molar-refractivity contribution in [3.63, 3.8) is 0 Å². The predicted octanol–water partition coefficient (Wildman–Crippen LogP) is 3.07. The molecule has 0 aromatic carbocycles. The Bertz CT molecular complexity index is 314. The lowest BCUT2D eigenvalue weighted by Gasteiger charge is -2.28. The third-order valence-electron chi connectivity index (χ3n) is 4.50. The fourth-order valence-electron chi connectivity index (χ4n) is 2.92. The number of nitrogens with zero attached hydrogens (tertiary/aromatic N) is 2. The second-order valence-electron chi connectivity index (χ2n) is 6.34. The third-order valence-corrected chi connectivity index (χ3v) is 4.50. The molecule has 0 radical (unpaired) electrons. The van der Waals surface area contributed by atoms with Crippen molar-refractivity contribution in [1.29, 1.82) is 5.26 Å². The van der Waals surface area contributed by atoms with E-state index in [1.165, 1.54) is 45.2 Å². The van der Waals surface area contributed by atoms with E-state index in [4.69, 9.17) is 0 Å². The van der Waals surface area contributed by atoms with Crippen LogP contribution in [-0.2, 0) is 0 Å². The van der Waals surface area contributed by atoms with Gasteiger partial charge in [0.25, 0.3) is 0 Å². The van der Waals surface area contributed by atoms with E-state index in [1.807, 2.05) is 0 Å². The average Bonchev–Trinajstić information content (AvgIpc) is 3.29. The molecule has 2 aliphatic rings. The maximum absolute atomic E-state index is 9.52. The normalized spacial score (nSPS) is 22.2. The molecule has 108 valence electrons. The second-order valence-corrected chi connectivity index (χ2v) is 6.34. The van der Waals surface area contributed by atoms with Crippen LogP contribution in [0.2, 0.25) is 0 Å². The van der Waals surface area contributed by atoms with Gasteiger partial charge in [-0.1, -0.05) is 13.8 Å². The lowest BCUT2D eigenvalue weighted by atomic mass is 9.91. The van der Waals surface area contributed by atoms with Gasteiger partial charge in [0.15, 0.2) is 0 Å². The summed E-state index contributed by atoms with van der Waals surface area (Å²) in [4.78, 5) is 2.63. The fraction of sp³-hybridized carbons (Fsp3) is 0.938. The standard InChI is InChI=1S/C16H29N3/c1-3-11-19(15-8-9-15)12-5-10-16(4-2,13-17)18-14-6-7-14/h14-15,18H,3-12H2,1-2H3. The molecule has 0 saturated heterocycles. The molecule has 2 fully saturated rings. The first-order valence-corrected chi connectivity index (χ1v) is 8.16. The van der Waals surface area contributed by atoms with Crippen LogP contribution < -0.4 is 5.32 Å². The van der Waals surface area contributed by atoms with Crippen LogP contribution in [-0.4, -0.2) is 35.6 Å². The minimum atomic E-state index is -0.261. The number of nitrogens with one attached hydrogen (secondary N) is 1. The van der Waals surface area contributed by atoms with E-state index in [2.05, 4.69) is 30.1 Å². The van der Waals surface area contributed by atoms with Crippen molar-refractivity contribution in [2.24, 2.45) is 0 Å². The smallest absolute Gasteiger partial charge is 0.106 e. The summed E-state index contributed by atoms with van der Waals surface area (Å²) < 4.78 is 0. The van der Waals surface area contributed by atoms with Crippen LogP contribution in [0, 0.1) is 11.3 Å². The molecular weight excluding hydrogens is 234 g/mol. The first kappa shape index (κ1) is 14.8. The van der Waals surface area contributed by atoms with Crippen LogP contribution in [0.15, 0.2) is 0 Å². The van der Waals surface area contributed by atoms with Crippen LogP contribution in [0.5, 0.6) is 0 Å². The molecule has 1 N–H and O–H groups in total. The lowest BCUT2D eigenvalue weighted by molar-refractivity contribution is 0.243. The summed E-state index contributed by atoms with van der Waals surface area (Å²) in [7, 11) is 0. The molecule has 19 heavy (non-hydrogen) atoms. The topological polar surface area (TPSA) is 39.1 Å². The molecule has 2 aliphatic carbocycles. The van der Waals surface area contributed by atoms with Crippen molar-refractivity contribution in [2.45, 2.75) is 82.8 Å². The van der Waals surface area contributed by atoms with Crippen LogP contribution in [0.4, 0.5) is 0 Å². The molecule has 0 heterocycles. The second kappa shape index (κ2) is 6.72. The monoisotopic (exact) mass is 263 g/mol. The van der Waals surface area contributed by atoms with Crippen molar-refractivity contribution >= 4 is 0 Å². The molecule has 1 atom stereocenters. The number of hydrogen-bond acceptors (Lipinski definition) is 3. The highest BCUT2D eigenvalue weighted by Crippen LogP contribution is 2.29. The highest BCUT2D eigenvalue weighted by atomic mass is 15.2. The van der Waals surface area contributed by atoms with Crippen LogP contribution in [0.3, 0.4) is 0 Å². The van der Waals surface area contributed by atoms with Crippen LogP contribution in [0.25, 0.3) is 0 Å². The van der Waals surface area contributed by atoms with E-state index in [-0.39, 0.29) is 5.54 Å². The van der Waals surface area contributed by atoms with E-state index < -0.39 is 0 Å². The Balaban J connectivity index is 1.75. The van der Waals surface area contributed by atoms with Gasteiger partial charge in [-0.05, 0) is 64.5 Å². The van der Waals surface area contributed by atoms with E-state index in [0.717, 1.165) is 25.3 Å². The summed E-state index contributed by atoms with van der Waals surface area (Å²) >= 11 is 0. The number of nitriles is 1. The quantitative estimate of drug-likeness (QED) is 0.658. The fourth-order valence-corrected chi connectivity index (χ4v) is 2.92. The molecule has 3 heteroatoms. The van der Waals surface area contributed by atoms with Crippen LogP contribution in [0.1, 0.15) is 65.2 Å². The Labute approximate surface area is 118 Å². The summed E-state index contributed by atoms with van der Waals surface area (Å²) in [6.07, 6.45) is 9.61. The number of hydrogen-bond donors (Lipinski definition) is 1. The first-order valence-electron chi connectivity index (χ1n) is 8.16. The van der Waals surface area contributed by atoms with Gasteiger partial charge in [-0.2, -0.15) is 5.26 Å². The Morgan fingerprint density at radius 3 is 2.42 bits per heavy atom. The van der Waals surface area contributed by atoms with Crippen LogP contribution >= 0.6 is 0 Å². The minimum absolute atomic E-state index is 0.261. The van der Waals surface area contributed by atoms with E-state index in [0.29, 0.717) is 6.04 Å². The van der Waals surface area contributed by atoms with Gasteiger partial charge >= 0.3 is 0 Å². The van der Waals surface area contributed by atoms with E-state index in [1.54, 1.807) is 0 Å². The molecule has 1 unspecified atom stereocenters. The van der Waals surface area contributed by atoms with Gasteiger partial charge in [0.2, 0.25) is 0 Å². The Morgan fingerprint density at radius 2 is 1.95 bits per heavy atom. The van der Waals surface area contributed by atoms with Gasteiger partial charge in [-0.3, -0.25) is 5.32 Å². The summed E-state index contributed by atoms with van der Waals surface area (Å²) in [5, 5.41) is 13.1. The summed E-state index contributed by atoms with van der Waals surface area (Å²) in [6.45, 7) is 6.81. The third kappa shape index (κ3) is 4.47. The molecular formula is C16H29N3. The highest BCUT2D eigenvalue weighted by Gasteiger charge is 2.35. The van der Waals surface area contributed by atoms with Crippen molar-refractivity contribution in [1.82, 2.24) is 10.2 Å². The maximum atomic E-state index is 9.52. The van der Waals surface area contributed by atoms with Gasteiger partial charge in [0.05, 0.1) is 6.07 Å². The van der Waals surface area contributed by atoms with Crippen molar-refractivity contribution < 1.29 is 0 Å². The molecule has 0 aromatic rings. The van der Waals surface area contributed by atoms with Crippen molar-refractivity contribution in [3.05, 3.63) is 0 Å². The molecule has 0 bridgehead atoms. The molecule has 2 saturated carbocycles. The maximum Gasteiger partial charge on any atom is 0.106 e. The molecule has 0 aromatic heterocycles. The molecule has 0 aliphatic heterocycles. The summed E-state index contributed by atoms with van der Waals surface area (Å²) in [5.41, 5.74) is -0.261. The van der Waals surface area contributed by atoms with E-state index in [9.17, 15) is 5.26 Å². The van der Waals surface area contributed by atoms with Gasteiger partial charge in [0, 0.05) is 12.1 Å². The van der Waals surface area contributed by atoms with E-state index >= 15 is 0 Å². The summed E-state index contributed by atoms with van der Waals surface area (Å²) in [6, 6.07) is 4.03. The zero-order valence-electron chi connectivity index (χ0n) is 12.6. The SMILES string of the molecule is CCCN(CCCC(C#N)(CC)NC1CC1)C1CC1. The molecule has 0 amide bonds. The largest absolute Gasteiger partial charge is 0.300 e. The van der Waals surface area contributed by atoms with Gasteiger partial charge in [-0.15, -0.1) is 0 Å². The lowest BCUT2D eigenvalue weighted by Crippen LogP contribution is -2.45. The molecule has 0 spiro atoms. The van der Waals surface area contributed by atoms with Gasteiger partial charge in [-0.25, -0.2) is 0 Å². The van der Waals surface area contributed by atoms with Crippen molar-refractivity contribution in [2.75, 3.05) is 13.1 Å². The summed E-state index contributed by atoms with van der Waals surface area (Å²) in [5.74, 6) is 0. The zero-order valence-corrected chi connectivity index (χ0v) is 12.6. The Morgan fingerprint density at radius 1 is 1.21 bits per heavy atom. The molecule has 3 nitrogen and oxygen atoms in total. The first-order chi connectivity index (χ1) is 9.23. The Kier molecular flexibility index (Phi) is 5.24. The zero-order chi connectivity index (χ0) is 13.7. The number of rotatable bonds is 10. The highest BCUT2D eigenvalue weighted by molar-refractivity contribution is 5.09. The van der Waals surface area contributed by atoms with Gasteiger partial charge < -0.3 is 4.90 Å².